The van der Waals surface area contributed by atoms with Gasteiger partial charge >= 0.3 is 0 Å². The average Bonchev–Trinajstić information content (AvgIpc) is 2.77. The van der Waals surface area contributed by atoms with E-state index in [1.165, 1.54) is 11.1 Å². The second kappa shape index (κ2) is 4.67. The zero-order valence-electron chi connectivity index (χ0n) is 10.8. The first-order valence-electron chi connectivity index (χ1n) is 6.39. The third-order valence-electron chi connectivity index (χ3n) is 3.73. The molecule has 0 radical (unpaired) electrons. The molecule has 1 saturated heterocycles. The molecule has 1 aliphatic rings. The van der Waals surface area contributed by atoms with E-state index in [1.54, 1.807) is 0 Å². The quantitative estimate of drug-likeness (QED) is 0.818. The minimum atomic E-state index is -0.223. The molecule has 0 spiro atoms. The molecule has 1 aliphatic heterocycles. The van der Waals surface area contributed by atoms with Crippen LogP contribution in [0.25, 0.3) is 0 Å². The largest absolute Gasteiger partial charge is 0.353 e. The lowest BCUT2D eigenvalue weighted by Crippen LogP contribution is -2.38. The minimum absolute atomic E-state index is 0.142. The Labute approximate surface area is 118 Å². The third kappa shape index (κ3) is 2.10. The lowest BCUT2D eigenvalue weighted by Gasteiger charge is -2.31. The normalized spacial score (nSPS) is 25.7. The SMILES string of the molecule is C[C@@]1(c2ccccc2)NC(=S)N[C@@H]1c1ccccc1. The van der Waals surface area contributed by atoms with E-state index in [2.05, 4.69) is 66.1 Å². The van der Waals surface area contributed by atoms with E-state index in [1.807, 2.05) is 12.1 Å². The molecule has 0 saturated carbocycles. The van der Waals surface area contributed by atoms with Gasteiger partial charge in [-0.05, 0) is 30.3 Å². The summed E-state index contributed by atoms with van der Waals surface area (Å²) in [4.78, 5) is 0. The van der Waals surface area contributed by atoms with Gasteiger partial charge < -0.3 is 10.6 Å². The van der Waals surface area contributed by atoms with Gasteiger partial charge in [-0.15, -0.1) is 0 Å². The van der Waals surface area contributed by atoms with Crippen LogP contribution in [0.2, 0.25) is 0 Å². The monoisotopic (exact) mass is 268 g/mol. The van der Waals surface area contributed by atoms with Crippen molar-refractivity contribution in [3.63, 3.8) is 0 Å². The van der Waals surface area contributed by atoms with Crippen LogP contribution in [0.15, 0.2) is 60.7 Å². The van der Waals surface area contributed by atoms with Crippen LogP contribution >= 0.6 is 12.2 Å². The van der Waals surface area contributed by atoms with Crippen molar-refractivity contribution in [1.29, 1.82) is 0 Å². The molecule has 3 heteroatoms. The average molecular weight is 268 g/mol. The molecule has 19 heavy (non-hydrogen) atoms. The molecule has 0 aliphatic carbocycles. The van der Waals surface area contributed by atoms with E-state index in [-0.39, 0.29) is 11.6 Å². The highest BCUT2D eigenvalue weighted by molar-refractivity contribution is 7.80. The molecular weight excluding hydrogens is 252 g/mol. The van der Waals surface area contributed by atoms with Crippen molar-refractivity contribution in [3.05, 3.63) is 71.8 Å². The fourth-order valence-electron chi connectivity index (χ4n) is 2.70. The molecule has 3 rings (SSSR count). The summed E-state index contributed by atoms with van der Waals surface area (Å²) in [6.45, 7) is 2.19. The van der Waals surface area contributed by atoms with Crippen molar-refractivity contribution in [1.82, 2.24) is 10.6 Å². The first kappa shape index (κ1) is 12.2. The highest BCUT2D eigenvalue weighted by atomic mass is 32.1. The fourth-order valence-corrected chi connectivity index (χ4v) is 3.03. The van der Waals surface area contributed by atoms with Crippen LogP contribution in [0.3, 0.4) is 0 Å². The fraction of sp³-hybridized carbons (Fsp3) is 0.188. The predicted molar refractivity (Wildman–Crippen MR) is 81.8 cm³/mol. The van der Waals surface area contributed by atoms with Crippen molar-refractivity contribution in [2.75, 3.05) is 0 Å². The summed E-state index contributed by atoms with van der Waals surface area (Å²) in [5.41, 5.74) is 2.25. The Bertz CT molecular complexity index is 582. The Balaban J connectivity index is 2.06. The van der Waals surface area contributed by atoms with Crippen LogP contribution in [-0.4, -0.2) is 5.11 Å². The highest BCUT2D eigenvalue weighted by Crippen LogP contribution is 2.37. The number of nitrogens with one attached hydrogen (secondary N) is 2. The van der Waals surface area contributed by atoms with E-state index in [9.17, 15) is 0 Å². The summed E-state index contributed by atoms with van der Waals surface area (Å²) in [5.74, 6) is 0. The topological polar surface area (TPSA) is 24.1 Å². The van der Waals surface area contributed by atoms with Crippen molar-refractivity contribution in [2.24, 2.45) is 0 Å². The van der Waals surface area contributed by atoms with Gasteiger partial charge in [-0.25, -0.2) is 0 Å². The van der Waals surface area contributed by atoms with Gasteiger partial charge in [-0.3, -0.25) is 0 Å². The summed E-state index contributed by atoms with van der Waals surface area (Å²) in [5, 5.41) is 7.50. The van der Waals surface area contributed by atoms with Crippen LogP contribution < -0.4 is 10.6 Å². The van der Waals surface area contributed by atoms with Gasteiger partial charge in [-0.2, -0.15) is 0 Å². The maximum Gasteiger partial charge on any atom is 0.167 e. The molecule has 2 nitrogen and oxygen atoms in total. The van der Waals surface area contributed by atoms with E-state index in [0.29, 0.717) is 5.11 Å². The first-order chi connectivity index (χ1) is 9.20. The number of rotatable bonds is 2. The summed E-state index contributed by atoms with van der Waals surface area (Å²) < 4.78 is 0. The Morgan fingerprint density at radius 2 is 1.53 bits per heavy atom. The van der Waals surface area contributed by atoms with E-state index in [4.69, 9.17) is 12.2 Å². The number of hydrogen-bond donors (Lipinski definition) is 2. The molecule has 2 aromatic carbocycles. The molecule has 0 aromatic heterocycles. The summed E-state index contributed by atoms with van der Waals surface area (Å²) in [6.07, 6.45) is 0. The maximum absolute atomic E-state index is 5.32. The van der Waals surface area contributed by atoms with Crippen molar-refractivity contribution < 1.29 is 0 Å². The molecular formula is C16H16N2S. The molecule has 0 amide bonds. The number of hydrogen-bond acceptors (Lipinski definition) is 1. The summed E-state index contributed by atoms with van der Waals surface area (Å²) in [7, 11) is 0. The smallest absolute Gasteiger partial charge is 0.167 e. The van der Waals surface area contributed by atoms with Crippen LogP contribution in [0.5, 0.6) is 0 Å². The summed E-state index contributed by atoms with van der Waals surface area (Å²) >= 11 is 5.32. The molecule has 0 unspecified atom stereocenters. The molecule has 2 atom stereocenters. The number of benzene rings is 2. The summed E-state index contributed by atoms with van der Waals surface area (Å²) in [6, 6.07) is 21.0. The van der Waals surface area contributed by atoms with Gasteiger partial charge in [0.25, 0.3) is 0 Å². The predicted octanol–water partition coefficient (Wildman–Crippen LogP) is 3.12. The van der Waals surface area contributed by atoms with Crippen LogP contribution in [0, 0.1) is 0 Å². The molecule has 2 N–H and O–H groups in total. The highest BCUT2D eigenvalue weighted by Gasteiger charge is 2.42. The molecule has 1 heterocycles. The van der Waals surface area contributed by atoms with Gasteiger partial charge in [0.1, 0.15) is 0 Å². The van der Waals surface area contributed by atoms with Crippen molar-refractivity contribution >= 4 is 17.3 Å². The lowest BCUT2D eigenvalue weighted by atomic mass is 9.82. The minimum Gasteiger partial charge on any atom is -0.353 e. The maximum atomic E-state index is 5.32. The molecule has 96 valence electrons. The van der Waals surface area contributed by atoms with E-state index in [0.717, 1.165) is 0 Å². The number of thiocarbonyl (C=S) groups is 1. The van der Waals surface area contributed by atoms with Gasteiger partial charge in [0, 0.05) is 0 Å². The second-order valence-corrected chi connectivity index (χ2v) is 5.42. The Morgan fingerprint density at radius 3 is 2.16 bits per heavy atom. The Hall–Kier alpha value is -1.87. The van der Waals surface area contributed by atoms with Crippen LogP contribution in [0.4, 0.5) is 0 Å². The Morgan fingerprint density at radius 1 is 0.947 bits per heavy atom. The Kier molecular flexibility index (Phi) is 2.99. The molecule has 2 aromatic rings. The van der Waals surface area contributed by atoms with Crippen LogP contribution in [0.1, 0.15) is 24.1 Å². The molecule has 0 bridgehead atoms. The van der Waals surface area contributed by atoms with Gasteiger partial charge in [0.05, 0.1) is 11.6 Å². The van der Waals surface area contributed by atoms with Gasteiger partial charge in [0.15, 0.2) is 5.11 Å². The zero-order valence-corrected chi connectivity index (χ0v) is 11.6. The first-order valence-corrected chi connectivity index (χ1v) is 6.80. The second-order valence-electron chi connectivity index (χ2n) is 5.01. The van der Waals surface area contributed by atoms with Gasteiger partial charge in [0.2, 0.25) is 0 Å². The van der Waals surface area contributed by atoms with Crippen molar-refractivity contribution in [3.8, 4) is 0 Å². The van der Waals surface area contributed by atoms with E-state index >= 15 is 0 Å². The van der Waals surface area contributed by atoms with E-state index < -0.39 is 0 Å². The molecule has 1 fully saturated rings. The van der Waals surface area contributed by atoms with Gasteiger partial charge in [-0.1, -0.05) is 60.7 Å². The third-order valence-corrected chi connectivity index (χ3v) is 3.95. The van der Waals surface area contributed by atoms with Crippen molar-refractivity contribution in [2.45, 2.75) is 18.5 Å². The standard InChI is InChI=1S/C16H16N2S/c1-16(13-10-6-3-7-11-13)14(17-15(19)18-16)12-8-4-2-5-9-12/h2-11,14H,1H3,(H2,17,18,19)/t14-,16+/m1/s1. The lowest BCUT2D eigenvalue weighted by molar-refractivity contribution is 0.379. The zero-order chi connectivity index (χ0) is 13.3. The van der Waals surface area contributed by atoms with Crippen LogP contribution in [-0.2, 0) is 5.54 Å².